The molecule has 1 amide bonds. The van der Waals surface area contributed by atoms with Crippen molar-refractivity contribution in [2.24, 2.45) is 0 Å². The summed E-state index contributed by atoms with van der Waals surface area (Å²) in [7, 11) is 1.68. The van der Waals surface area contributed by atoms with E-state index in [1.807, 2.05) is 49.4 Å². The smallest absolute Gasteiger partial charge is 0.246 e. The van der Waals surface area contributed by atoms with Gasteiger partial charge in [0.25, 0.3) is 0 Å². The molecule has 0 fully saturated rings. The maximum atomic E-state index is 12.2. The average Bonchev–Trinajstić information content (AvgIpc) is 3.09. The zero-order valence-electron chi connectivity index (χ0n) is 14.5. The van der Waals surface area contributed by atoms with Gasteiger partial charge in [-0.1, -0.05) is 58.7 Å². The molecule has 5 nitrogen and oxygen atoms in total. The molecule has 0 atom stereocenters. The first-order valence-corrected chi connectivity index (χ1v) is 8.48. The lowest BCUT2D eigenvalue weighted by molar-refractivity contribution is -0.125. The Hall–Kier alpha value is -2.92. The molecule has 0 aliphatic rings. The monoisotopic (exact) mass is 367 g/mol. The van der Waals surface area contributed by atoms with Crippen LogP contribution in [0.2, 0.25) is 5.02 Å². The van der Waals surface area contributed by atoms with E-state index in [2.05, 4.69) is 10.1 Å². The third kappa shape index (κ3) is 4.37. The Kier molecular flexibility index (Phi) is 5.49. The van der Waals surface area contributed by atoms with E-state index in [1.165, 1.54) is 16.5 Å². The second-order valence-electron chi connectivity index (χ2n) is 5.93. The third-order valence-corrected chi connectivity index (χ3v) is 4.16. The number of hydrogen-bond acceptors (Lipinski definition) is 4. The third-order valence-electron chi connectivity index (χ3n) is 3.83. The fraction of sp³-hybridized carbons (Fsp3) is 0.150. The first kappa shape index (κ1) is 17.9. The molecule has 3 rings (SSSR count). The summed E-state index contributed by atoms with van der Waals surface area (Å²) < 4.78 is 5.23. The highest BCUT2D eigenvalue weighted by molar-refractivity contribution is 6.33. The fourth-order valence-electron chi connectivity index (χ4n) is 2.32. The molecule has 0 spiro atoms. The number of halogens is 1. The molecule has 1 aromatic heterocycles. The van der Waals surface area contributed by atoms with E-state index in [1.54, 1.807) is 19.2 Å². The van der Waals surface area contributed by atoms with E-state index in [0.29, 0.717) is 22.3 Å². The minimum Gasteiger partial charge on any atom is -0.337 e. The van der Waals surface area contributed by atoms with Gasteiger partial charge in [0.1, 0.15) is 0 Å². The van der Waals surface area contributed by atoms with Gasteiger partial charge in [0.05, 0.1) is 11.6 Å². The first-order chi connectivity index (χ1) is 12.5. The van der Waals surface area contributed by atoms with E-state index in [4.69, 9.17) is 16.1 Å². The lowest BCUT2D eigenvalue weighted by Crippen LogP contribution is -2.24. The lowest BCUT2D eigenvalue weighted by Gasteiger charge is -2.11. The molecule has 2 aromatic carbocycles. The number of aryl methyl sites for hydroxylation is 1. The molecule has 6 heteroatoms. The molecule has 0 radical (unpaired) electrons. The molecule has 0 aliphatic carbocycles. The van der Waals surface area contributed by atoms with Crippen molar-refractivity contribution in [3.63, 3.8) is 0 Å². The van der Waals surface area contributed by atoms with Crippen LogP contribution in [0.15, 0.2) is 59.1 Å². The largest absolute Gasteiger partial charge is 0.337 e. The Labute approximate surface area is 156 Å². The van der Waals surface area contributed by atoms with Crippen LogP contribution in [-0.4, -0.2) is 28.0 Å². The molecule has 26 heavy (non-hydrogen) atoms. The molecule has 0 saturated carbocycles. The van der Waals surface area contributed by atoms with Crippen molar-refractivity contribution in [2.75, 3.05) is 7.05 Å². The van der Waals surface area contributed by atoms with Crippen LogP contribution in [0.1, 0.15) is 17.0 Å². The predicted octanol–water partition coefficient (Wildman–Crippen LogP) is 4.37. The van der Waals surface area contributed by atoms with Gasteiger partial charge in [0.2, 0.25) is 17.6 Å². The van der Waals surface area contributed by atoms with Crippen LogP contribution in [0.3, 0.4) is 0 Å². The number of aromatic nitrogens is 2. The number of amides is 1. The number of carbonyl (C=O) groups is 1. The average molecular weight is 368 g/mol. The summed E-state index contributed by atoms with van der Waals surface area (Å²) >= 11 is 6.14. The first-order valence-electron chi connectivity index (χ1n) is 8.10. The molecule has 1 heterocycles. The molecule has 0 bridgehead atoms. The zero-order valence-corrected chi connectivity index (χ0v) is 15.3. The van der Waals surface area contributed by atoms with Gasteiger partial charge >= 0.3 is 0 Å². The molecular weight excluding hydrogens is 350 g/mol. The fourth-order valence-corrected chi connectivity index (χ4v) is 2.54. The SMILES string of the molecule is Cc1ccc(/C=C/C(=O)N(C)Cc2nc(-c3ccccc3Cl)no2)cc1. The Balaban J connectivity index is 1.64. The van der Waals surface area contributed by atoms with Crippen molar-refractivity contribution in [1.29, 1.82) is 0 Å². The van der Waals surface area contributed by atoms with Gasteiger partial charge in [-0.05, 0) is 30.7 Å². The van der Waals surface area contributed by atoms with Gasteiger partial charge < -0.3 is 9.42 Å². The van der Waals surface area contributed by atoms with E-state index in [0.717, 1.165) is 5.56 Å². The second-order valence-corrected chi connectivity index (χ2v) is 6.34. The summed E-state index contributed by atoms with van der Waals surface area (Å²) in [6.07, 6.45) is 3.30. The van der Waals surface area contributed by atoms with Gasteiger partial charge in [-0.3, -0.25) is 4.79 Å². The number of carbonyl (C=O) groups excluding carboxylic acids is 1. The summed E-state index contributed by atoms with van der Waals surface area (Å²) in [6.45, 7) is 2.24. The molecule has 132 valence electrons. The van der Waals surface area contributed by atoms with Gasteiger partial charge in [-0.25, -0.2) is 0 Å². The molecule has 0 N–H and O–H groups in total. The Morgan fingerprint density at radius 2 is 1.92 bits per heavy atom. The topological polar surface area (TPSA) is 59.2 Å². The summed E-state index contributed by atoms with van der Waals surface area (Å²) in [5, 5.41) is 4.48. The zero-order chi connectivity index (χ0) is 18.5. The van der Waals surface area contributed by atoms with Gasteiger partial charge in [-0.15, -0.1) is 0 Å². The number of benzene rings is 2. The number of nitrogens with zero attached hydrogens (tertiary/aromatic N) is 3. The van der Waals surface area contributed by atoms with Crippen LogP contribution in [0.5, 0.6) is 0 Å². The van der Waals surface area contributed by atoms with Crippen molar-refractivity contribution < 1.29 is 9.32 Å². The van der Waals surface area contributed by atoms with Gasteiger partial charge in [0, 0.05) is 18.7 Å². The highest BCUT2D eigenvalue weighted by atomic mass is 35.5. The maximum absolute atomic E-state index is 12.2. The van der Waals surface area contributed by atoms with Crippen molar-refractivity contribution in [3.8, 4) is 11.4 Å². The van der Waals surface area contributed by atoms with Crippen LogP contribution >= 0.6 is 11.6 Å². The van der Waals surface area contributed by atoms with Crippen LogP contribution in [0, 0.1) is 6.92 Å². The lowest BCUT2D eigenvalue weighted by atomic mass is 10.1. The van der Waals surface area contributed by atoms with Crippen molar-refractivity contribution in [3.05, 3.63) is 76.6 Å². The minimum absolute atomic E-state index is 0.150. The molecule has 0 unspecified atom stereocenters. The standard InChI is InChI=1S/C20H18ClN3O2/c1-14-7-9-15(10-8-14)11-12-19(25)24(2)13-18-22-20(23-26-18)16-5-3-4-6-17(16)21/h3-12H,13H2,1-2H3/b12-11+. The van der Waals surface area contributed by atoms with Crippen LogP contribution in [0.4, 0.5) is 0 Å². The second kappa shape index (κ2) is 7.97. The van der Waals surface area contributed by atoms with Crippen LogP contribution in [-0.2, 0) is 11.3 Å². The van der Waals surface area contributed by atoms with Gasteiger partial charge in [0.15, 0.2) is 0 Å². The Morgan fingerprint density at radius 3 is 2.65 bits per heavy atom. The maximum Gasteiger partial charge on any atom is 0.246 e. The highest BCUT2D eigenvalue weighted by Gasteiger charge is 2.14. The van der Waals surface area contributed by atoms with E-state index in [9.17, 15) is 4.79 Å². The van der Waals surface area contributed by atoms with Crippen molar-refractivity contribution in [2.45, 2.75) is 13.5 Å². The number of hydrogen-bond donors (Lipinski definition) is 0. The summed E-state index contributed by atoms with van der Waals surface area (Å²) in [5.41, 5.74) is 2.84. The summed E-state index contributed by atoms with van der Waals surface area (Å²) in [5.74, 6) is 0.601. The summed E-state index contributed by atoms with van der Waals surface area (Å²) in [4.78, 5) is 18.1. The van der Waals surface area contributed by atoms with E-state index < -0.39 is 0 Å². The molecule has 3 aromatic rings. The molecule has 0 saturated heterocycles. The summed E-state index contributed by atoms with van der Waals surface area (Å²) in [6, 6.07) is 15.2. The highest BCUT2D eigenvalue weighted by Crippen LogP contribution is 2.25. The number of likely N-dealkylation sites (N-methyl/N-ethyl adjacent to an activating group) is 1. The Bertz CT molecular complexity index is 932. The molecule has 0 aliphatic heterocycles. The number of rotatable bonds is 5. The molecular formula is C20H18ClN3O2. The van der Waals surface area contributed by atoms with E-state index >= 15 is 0 Å². The quantitative estimate of drug-likeness (QED) is 0.628. The van der Waals surface area contributed by atoms with Crippen molar-refractivity contribution >= 4 is 23.6 Å². The van der Waals surface area contributed by atoms with Crippen molar-refractivity contribution in [1.82, 2.24) is 15.0 Å². The predicted molar refractivity (Wildman–Crippen MR) is 101 cm³/mol. The Morgan fingerprint density at radius 1 is 1.19 bits per heavy atom. The normalized spacial score (nSPS) is 11.0. The van der Waals surface area contributed by atoms with E-state index in [-0.39, 0.29) is 12.5 Å². The van der Waals surface area contributed by atoms with Crippen LogP contribution < -0.4 is 0 Å². The van der Waals surface area contributed by atoms with Gasteiger partial charge in [-0.2, -0.15) is 4.98 Å². The van der Waals surface area contributed by atoms with Crippen LogP contribution in [0.25, 0.3) is 17.5 Å². The minimum atomic E-state index is -0.150.